The van der Waals surface area contributed by atoms with E-state index < -0.39 is 0 Å². The van der Waals surface area contributed by atoms with Gasteiger partial charge in [-0.05, 0) is 37.6 Å². The summed E-state index contributed by atoms with van der Waals surface area (Å²) in [5.74, 6) is 0.206. The second kappa shape index (κ2) is 8.25. The Bertz CT molecular complexity index is 781. The molecule has 5 nitrogen and oxygen atoms in total. The van der Waals surface area contributed by atoms with Crippen LogP contribution in [0.3, 0.4) is 0 Å². The molecule has 7 heteroatoms. The number of carbonyl (C=O) groups excluding carboxylic acids is 1. The molecule has 0 spiro atoms. The fourth-order valence-electron chi connectivity index (χ4n) is 2.75. The molecule has 0 N–H and O–H groups in total. The Morgan fingerprint density at radius 1 is 1.31 bits per heavy atom. The summed E-state index contributed by atoms with van der Waals surface area (Å²) in [6, 6.07) is 9.06. The second-order valence-corrected chi connectivity index (χ2v) is 7.18. The van der Waals surface area contributed by atoms with Crippen LogP contribution in [0.4, 0.5) is 0 Å². The number of halogens is 2. The molecule has 1 aliphatic rings. The van der Waals surface area contributed by atoms with Crippen LogP contribution in [0.15, 0.2) is 36.5 Å². The van der Waals surface area contributed by atoms with Crippen molar-refractivity contribution in [3.63, 3.8) is 0 Å². The third-order valence-corrected chi connectivity index (χ3v) is 4.52. The number of pyridine rings is 1. The van der Waals surface area contributed by atoms with Crippen LogP contribution in [0.1, 0.15) is 35.9 Å². The number of aromatic nitrogens is 1. The summed E-state index contributed by atoms with van der Waals surface area (Å²) in [7, 11) is 0. The maximum absolute atomic E-state index is 12.8. The van der Waals surface area contributed by atoms with E-state index in [0.717, 1.165) is 5.56 Å². The van der Waals surface area contributed by atoms with Gasteiger partial charge in [-0.1, -0.05) is 35.3 Å². The zero-order valence-corrected chi connectivity index (χ0v) is 16.1. The van der Waals surface area contributed by atoms with Crippen LogP contribution < -0.4 is 4.74 Å². The van der Waals surface area contributed by atoms with Crippen molar-refractivity contribution in [2.45, 2.75) is 26.1 Å². The maximum Gasteiger partial charge on any atom is 0.255 e. The highest BCUT2D eigenvalue weighted by atomic mass is 35.5. The van der Waals surface area contributed by atoms with E-state index in [1.165, 1.54) is 6.20 Å². The third-order valence-electron chi connectivity index (χ3n) is 4.00. The molecular formula is C19H20Cl2N2O3. The lowest BCUT2D eigenvalue weighted by atomic mass is 10.1. The maximum atomic E-state index is 12.8. The van der Waals surface area contributed by atoms with Gasteiger partial charge in [0.25, 0.3) is 5.91 Å². The van der Waals surface area contributed by atoms with Crippen molar-refractivity contribution in [1.29, 1.82) is 0 Å². The smallest absolute Gasteiger partial charge is 0.255 e. The number of benzene rings is 1. The van der Waals surface area contributed by atoms with Gasteiger partial charge in [0.15, 0.2) is 0 Å². The number of hydrogen-bond donors (Lipinski definition) is 0. The van der Waals surface area contributed by atoms with E-state index >= 15 is 0 Å². The lowest BCUT2D eigenvalue weighted by Gasteiger charge is -2.33. The SMILES string of the molecule is CC(C)Oc1ncc(C(=O)N2CCOC(c3ccc(Cl)cc3)C2)cc1Cl. The molecule has 2 heterocycles. The van der Waals surface area contributed by atoms with Crippen molar-refractivity contribution in [3.8, 4) is 5.88 Å². The zero-order valence-electron chi connectivity index (χ0n) is 14.6. The van der Waals surface area contributed by atoms with Crippen LogP contribution in [-0.2, 0) is 4.74 Å². The van der Waals surface area contributed by atoms with Crippen LogP contribution in [0, 0.1) is 0 Å². The Morgan fingerprint density at radius 3 is 2.69 bits per heavy atom. The summed E-state index contributed by atoms with van der Waals surface area (Å²) in [6.45, 7) is 5.23. The average Bonchev–Trinajstić information content (AvgIpc) is 2.63. The standard InChI is InChI=1S/C19H20Cl2N2O3/c1-12(2)26-18-16(21)9-14(10-22-18)19(24)23-7-8-25-17(11-23)13-3-5-15(20)6-4-13/h3-6,9-10,12,17H,7-8,11H2,1-2H3. The van der Waals surface area contributed by atoms with Crippen molar-refractivity contribution >= 4 is 29.1 Å². The molecule has 1 atom stereocenters. The summed E-state index contributed by atoms with van der Waals surface area (Å²) < 4.78 is 11.3. The molecule has 1 aromatic carbocycles. The summed E-state index contributed by atoms with van der Waals surface area (Å²) in [5.41, 5.74) is 1.42. The molecule has 0 saturated carbocycles. The van der Waals surface area contributed by atoms with Gasteiger partial charge in [0.2, 0.25) is 5.88 Å². The molecule has 138 valence electrons. The lowest BCUT2D eigenvalue weighted by Crippen LogP contribution is -2.42. The topological polar surface area (TPSA) is 51.7 Å². The Hall–Kier alpha value is -1.82. The van der Waals surface area contributed by atoms with E-state index in [4.69, 9.17) is 32.7 Å². The van der Waals surface area contributed by atoms with Gasteiger partial charge >= 0.3 is 0 Å². The van der Waals surface area contributed by atoms with E-state index in [1.807, 2.05) is 38.1 Å². The first-order chi connectivity index (χ1) is 12.4. The Morgan fingerprint density at radius 2 is 2.04 bits per heavy atom. The van der Waals surface area contributed by atoms with Crippen LogP contribution >= 0.6 is 23.2 Å². The monoisotopic (exact) mass is 394 g/mol. The van der Waals surface area contributed by atoms with Gasteiger partial charge in [0.05, 0.1) is 24.8 Å². The Balaban J connectivity index is 1.73. The van der Waals surface area contributed by atoms with Crippen molar-refractivity contribution in [1.82, 2.24) is 9.88 Å². The lowest BCUT2D eigenvalue weighted by molar-refractivity contribution is -0.0228. The molecule has 3 rings (SSSR count). The molecular weight excluding hydrogens is 375 g/mol. The fraction of sp³-hybridized carbons (Fsp3) is 0.368. The molecule has 1 saturated heterocycles. The second-order valence-electron chi connectivity index (χ2n) is 6.34. The first-order valence-electron chi connectivity index (χ1n) is 8.42. The minimum absolute atomic E-state index is 0.0408. The van der Waals surface area contributed by atoms with E-state index in [0.29, 0.717) is 41.2 Å². The minimum atomic E-state index is -0.183. The number of ether oxygens (including phenoxy) is 2. The average molecular weight is 395 g/mol. The van der Waals surface area contributed by atoms with Crippen molar-refractivity contribution < 1.29 is 14.3 Å². The van der Waals surface area contributed by atoms with E-state index in [1.54, 1.807) is 11.0 Å². The number of amides is 1. The molecule has 1 amide bonds. The summed E-state index contributed by atoms with van der Waals surface area (Å²) in [5, 5.41) is 0.994. The summed E-state index contributed by atoms with van der Waals surface area (Å²) in [4.78, 5) is 18.7. The van der Waals surface area contributed by atoms with Gasteiger partial charge in [-0.25, -0.2) is 4.98 Å². The molecule has 1 aromatic heterocycles. The van der Waals surface area contributed by atoms with Crippen LogP contribution in [0.2, 0.25) is 10.0 Å². The highest BCUT2D eigenvalue weighted by Gasteiger charge is 2.26. The third kappa shape index (κ3) is 4.47. The zero-order chi connectivity index (χ0) is 18.7. The molecule has 26 heavy (non-hydrogen) atoms. The van der Waals surface area contributed by atoms with Gasteiger partial charge in [-0.3, -0.25) is 4.79 Å². The van der Waals surface area contributed by atoms with E-state index in [9.17, 15) is 4.79 Å². The van der Waals surface area contributed by atoms with Gasteiger partial charge in [-0.15, -0.1) is 0 Å². The highest BCUT2D eigenvalue weighted by molar-refractivity contribution is 6.32. The molecule has 1 aliphatic heterocycles. The van der Waals surface area contributed by atoms with Crippen LogP contribution in [0.25, 0.3) is 0 Å². The Kier molecular flexibility index (Phi) is 6.01. The van der Waals surface area contributed by atoms with Crippen LogP contribution in [0.5, 0.6) is 5.88 Å². The van der Waals surface area contributed by atoms with Gasteiger partial charge in [0, 0.05) is 17.8 Å². The van der Waals surface area contributed by atoms with E-state index in [-0.39, 0.29) is 18.1 Å². The first-order valence-corrected chi connectivity index (χ1v) is 9.18. The number of nitrogens with zero attached hydrogens (tertiary/aromatic N) is 2. The number of morpholine rings is 1. The normalized spacial score (nSPS) is 17.4. The number of rotatable bonds is 4. The summed E-state index contributed by atoms with van der Waals surface area (Å²) in [6.07, 6.45) is 1.27. The van der Waals surface area contributed by atoms with Crippen molar-refractivity contribution in [3.05, 3.63) is 57.7 Å². The van der Waals surface area contributed by atoms with Crippen molar-refractivity contribution in [2.24, 2.45) is 0 Å². The molecule has 0 aliphatic carbocycles. The van der Waals surface area contributed by atoms with E-state index in [2.05, 4.69) is 4.98 Å². The van der Waals surface area contributed by atoms with Crippen LogP contribution in [-0.4, -0.2) is 41.6 Å². The minimum Gasteiger partial charge on any atom is -0.474 e. The van der Waals surface area contributed by atoms with Gasteiger partial charge < -0.3 is 14.4 Å². The number of hydrogen-bond acceptors (Lipinski definition) is 4. The van der Waals surface area contributed by atoms with Gasteiger partial charge in [-0.2, -0.15) is 0 Å². The molecule has 0 bridgehead atoms. The first kappa shape index (κ1) is 19.0. The molecule has 1 fully saturated rings. The summed E-state index contributed by atoms with van der Waals surface area (Å²) >= 11 is 12.1. The Labute approximate surface area is 162 Å². The number of carbonyl (C=O) groups is 1. The largest absolute Gasteiger partial charge is 0.474 e. The molecule has 2 aromatic rings. The van der Waals surface area contributed by atoms with Crippen molar-refractivity contribution in [2.75, 3.05) is 19.7 Å². The fourth-order valence-corrected chi connectivity index (χ4v) is 3.08. The molecule has 0 radical (unpaired) electrons. The quantitative estimate of drug-likeness (QED) is 0.771. The predicted octanol–water partition coefficient (Wildman–Crippen LogP) is 4.39. The highest BCUT2D eigenvalue weighted by Crippen LogP contribution is 2.27. The molecule has 1 unspecified atom stereocenters. The predicted molar refractivity (Wildman–Crippen MR) is 101 cm³/mol. The van der Waals surface area contributed by atoms with Gasteiger partial charge in [0.1, 0.15) is 11.1 Å².